The fraction of sp³-hybridized carbons (Fsp3) is 0.412. The van der Waals surface area contributed by atoms with E-state index in [1.165, 1.54) is 0 Å². The first-order chi connectivity index (χ1) is 11.2. The molecule has 23 heavy (non-hydrogen) atoms. The van der Waals surface area contributed by atoms with E-state index in [-0.39, 0.29) is 18.1 Å². The Morgan fingerprint density at radius 3 is 2.87 bits per heavy atom. The summed E-state index contributed by atoms with van der Waals surface area (Å²) in [6, 6.07) is 7.12. The van der Waals surface area contributed by atoms with Gasteiger partial charge in [-0.3, -0.25) is 9.48 Å². The third-order valence-corrected chi connectivity index (χ3v) is 3.89. The fourth-order valence-electron chi connectivity index (χ4n) is 2.77. The summed E-state index contributed by atoms with van der Waals surface area (Å²) in [5, 5.41) is 7.23. The van der Waals surface area contributed by atoms with Crippen molar-refractivity contribution in [2.45, 2.75) is 25.5 Å². The molecule has 1 aromatic heterocycles. The van der Waals surface area contributed by atoms with Crippen LogP contribution in [-0.2, 0) is 11.8 Å². The Hall–Kier alpha value is -2.34. The molecule has 6 heteroatoms. The molecule has 3 rings (SSSR count). The number of aryl methyl sites for hydroxylation is 1. The van der Waals surface area contributed by atoms with Gasteiger partial charge in [0.1, 0.15) is 11.9 Å². The van der Waals surface area contributed by atoms with Gasteiger partial charge in [-0.05, 0) is 37.6 Å². The Bertz CT molecular complexity index is 666. The number of benzene rings is 1. The molecule has 0 saturated carbocycles. The summed E-state index contributed by atoms with van der Waals surface area (Å²) in [4.78, 5) is 12.4. The molecule has 1 amide bonds. The maximum Gasteiger partial charge on any atom is 0.251 e. The zero-order valence-electron chi connectivity index (χ0n) is 13.4. The number of nitrogens with zero attached hydrogens (tertiary/aromatic N) is 2. The molecule has 122 valence electrons. The van der Waals surface area contributed by atoms with Crippen molar-refractivity contribution < 1.29 is 14.3 Å². The van der Waals surface area contributed by atoms with E-state index in [9.17, 15) is 4.79 Å². The topological polar surface area (TPSA) is 65.4 Å². The second-order valence-corrected chi connectivity index (χ2v) is 5.56. The van der Waals surface area contributed by atoms with Crippen molar-refractivity contribution in [2.24, 2.45) is 7.05 Å². The summed E-state index contributed by atoms with van der Waals surface area (Å²) < 4.78 is 12.9. The van der Waals surface area contributed by atoms with Crippen molar-refractivity contribution in [2.75, 3.05) is 13.2 Å². The molecule has 0 unspecified atom stereocenters. The highest BCUT2D eigenvalue weighted by molar-refractivity contribution is 5.94. The quantitative estimate of drug-likeness (QED) is 0.917. The molecule has 0 radical (unpaired) electrons. The molecule has 0 bridgehead atoms. The number of hydrogen-bond acceptors (Lipinski definition) is 4. The van der Waals surface area contributed by atoms with Crippen LogP contribution < -0.4 is 10.1 Å². The first kappa shape index (κ1) is 15.6. The van der Waals surface area contributed by atoms with Crippen LogP contribution in [0.4, 0.5) is 0 Å². The monoisotopic (exact) mass is 315 g/mol. The number of ether oxygens (including phenoxy) is 2. The van der Waals surface area contributed by atoms with Crippen LogP contribution in [0.3, 0.4) is 0 Å². The standard InChI is InChI=1S/C17H21N3O3/c1-3-22-14-6-4-12(5-7-14)17(21)19-15-8-9-23-16(15)13-10-18-20(2)11-13/h4-7,10-11,15-16H,3,8-9H2,1-2H3,(H,19,21)/t15-,16+/m0/s1. The van der Waals surface area contributed by atoms with Crippen LogP contribution >= 0.6 is 0 Å². The summed E-state index contributed by atoms with van der Waals surface area (Å²) >= 11 is 0. The van der Waals surface area contributed by atoms with Gasteiger partial charge in [-0.2, -0.15) is 5.10 Å². The lowest BCUT2D eigenvalue weighted by molar-refractivity contribution is 0.0821. The van der Waals surface area contributed by atoms with E-state index in [0.29, 0.717) is 18.8 Å². The van der Waals surface area contributed by atoms with E-state index < -0.39 is 0 Å². The zero-order chi connectivity index (χ0) is 16.2. The molecule has 1 fully saturated rings. The van der Waals surface area contributed by atoms with Gasteiger partial charge in [-0.15, -0.1) is 0 Å². The number of aromatic nitrogens is 2. The van der Waals surface area contributed by atoms with Crippen LogP contribution in [0.5, 0.6) is 5.75 Å². The highest BCUT2D eigenvalue weighted by Crippen LogP contribution is 2.29. The number of amides is 1. The Balaban J connectivity index is 1.66. The number of nitrogens with one attached hydrogen (secondary N) is 1. The molecule has 2 heterocycles. The van der Waals surface area contributed by atoms with E-state index in [1.807, 2.05) is 32.3 Å². The molecule has 0 spiro atoms. The SMILES string of the molecule is CCOc1ccc(C(=O)N[C@H]2CCO[C@@H]2c2cnn(C)c2)cc1. The molecule has 2 aromatic rings. The van der Waals surface area contributed by atoms with E-state index in [1.54, 1.807) is 23.0 Å². The summed E-state index contributed by atoms with van der Waals surface area (Å²) in [6.45, 7) is 3.17. The summed E-state index contributed by atoms with van der Waals surface area (Å²) in [7, 11) is 1.87. The van der Waals surface area contributed by atoms with Gasteiger partial charge in [0, 0.05) is 31.0 Å². The average molecular weight is 315 g/mol. The Morgan fingerprint density at radius 1 is 1.43 bits per heavy atom. The van der Waals surface area contributed by atoms with Crippen molar-refractivity contribution >= 4 is 5.91 Å². The van der Waals surface area contributed by atoms with Crippen molar-refractivity contribution in [3.05, 3.63) is 47.8 Å². The third kappa shape index (κ3) is 3.53. The minimum Gasteiger partial charge on any atom is -0.494 e. The summed E-state index contributed by atoms with van der Waals surface area (Å²) in [6.07, 6.45) is 4.36. The van der Waals surface area contributed by atoms with Gasteiger partial charge in [0.25, 0.3) is 5.91 Å². The van der Waals surface area contributed by atoms with E-state index in [4.69, 9.17) is 9.47 Å². The lowest BCUT2D eigenvalue weighted by Crippen LogP contribution is -2.36. The van der Waals surface area contributed by atoms with Crippen molar-refractivity contribution in [1.82, 2.24) is 15.1 Å². The van der Waals surface area contributed by atoms with Gasteiger partial charge in [-0.25, -0.2) is 0 Å². The van der Waals surface area contributed by atoms with Crippen LogP contribution in [0.2, 0.25) is 0 Å². The number of carbonyl (C=O) groups excluding carboxylic acids is 1. The van der Waals surface area contributed by atoms with E-state index >= 15 is 0 Å². The Labute approximate surface area is 135 Å². The van der Waals surface area contributed by atoms with Gasteiger partial charge < -0.3 is 14.8 Å². The number of hydrogen-bond donors (Lipinski definition) is 1. The Kier molecular flexibility index (Phi) is 4.62. The van der Waals surface area contributed by atoms with Crippen LogP contribution in [-0.4, -0.2) is 34.9 Å². The Morgan fingerprint density at radius 2 is 2.22 bits per heavy atom. The summed E-state index contributed by atoms with van der Waals surface area (Å²) in [5.41, 5.74) is 1.60. The normalized spacial score (nSPS) is 20.4. The van der Waals surface area contributed by atoms with Crippen molar-refractivity contribution in [1.29, 1.82) is 0 Å². The van der Waals surface area contributed by atoms with Crippen LogP contribution in [0.1, 0.15) is 35.4 Å². The predicted molar refractivity (Wildman–Crippen MR) is 85.4 cm³/mol. The number of carbonyl (C=O) groups is 1. The lowest BCUT2D eigenvalue weighted by Gasteiger charge is -2.19. The van der Waals surface area contributed by atoms with Gasteiger partial charge in [0.2, 0.25) is 0 Å². The minimum absolute atomic E-state index is 0.0433. The molecule has 1 N–H and O–H groups in total. The second-order valence-electron chi connectivity index (χ2n) is 5.56. The summed E-state index contributed by atoms with van der Waals surface area (Å²) in [5.74, 6) is 0.666. The molecule has 2 atom stereocenters. The van der Waals surface area contributed by atoms with Gasteiger partial charge in [0.05, 0.1) is 18.8 Å². The lowest BCUT2D eigenvalue weighted by atomic mass is 10.0. The molecule has 1 aliphatic rings. The molecule has 6 nitrogen and oxygen atoms in total. The molecular formula is C17H21N3O3. The largest absolute Gasteiger partial charge is 0.494 e. The van der Waals surface area contributed by atoms with Crippen LogP contribution in [0, 0.1) is 0 Å². The number of rotatable bonds is 5. The van der Waals surface area contributed by atoms with Crippen molar-refractivity contribution in [3.63, 3.8) is 0 Å². The molecule has 1 aliphatic heterocycles. The molecule has 1 aromatic carbocycles. The average Bonchev–Trinajstić information content (AvgIpc) is 3.17. The molecule has 1 saturated heterocycles. The predicted octanol–water partition coefficient (Wildman–Crippen LogP) is 2.08. The first-order valence-corrected chi connectivity index (χ1v) is 7.81. The fourth-order valence-corrected chi connectivity index (χ4v) is 2.77. The van der Waals surface area contributed by atoms with Gasteiger partial charge >= 0.3 is 0 Å². The van der Waals surface area contributed by atoms with Gasteiger partial charge in [0.15, 0.2) is 0 Å². The molecule has 0 aliphatic carbocycles. The second kappa shape index (κ2) is 6.83. The van der Waals surface area contributed by atoms with Crippen LogP contribution in [0.15, 0.2) is 36.7 Å². The zero-order valence-corrected chi connectivity index (χ0v) is 13.4. The van der Waals surface area contributed by atoms with E-state index in [2.05, 4.69) is 10.4 Å². The minimum atomic E-state index is -0.143. The van der Waals surface area contributed by atoms with Gasteiger partial charge in [-0.1, -0.05) is 0 Å². The molecular weight excluding hydrogens is 294 g/mol. The highest BCUT2D eigenvalue weighted by atomic mass is 16.5. The van der Waals surface area contributed by atoms with E-state index in [0.717, 1.165) is 17.7 Å². The maximum absolute atomic E-state index is 12.4. The first-order valence-electron chi connectivity index (χ1n) is 7.81. The maximum atomic E-state index is 12.4. The van der Waals surface area contributed by atoms with Crippen molar-refractivity contribution in [3.8, 4) is 5.75 Å². The third-order valence-electron chi connectivity index (χ3n) is 3.89. The van der Waals surface area contributed by atoms with Crippen LogP contribution in [0.25, 0.3) is 0 Å². The smallest absolute Gasteiger partial charge is 0.251 e. The highest BCUT2D eigenvalue weighted by Gasteiger charge is 2.31.